The van der Waals surface area contributed by atoms with Gasteiger partial charge in [0, 0.05) is 6.61 Å². The summed E-state index contributed by atoms with van der Waals surface area (Å²) in [5.41, 5.74) is 0. The van der Waals surface area contributed by atoms with Gasteiger partial charge in [0.15, 0.2) is 0 Å². The van der Waals surface area contributed by atoms with Crippen molar-refractivity contribution >= 4 is 15.3 Å². The Labute approximate surface area is 47.1 Å². The van der Waals surface area contributed by atoms with Crippen molar-refractivity contribution in [2.45, 2.75) is 19.6 Å². The summed E-state index contributed by atoms with van der Waals surface area (Å²) in [5, 5.41) is 0. The van der Waals surface area contributed by atoms with E-state index in [4.69, 9.17) is 12.5 Å². The Morgan fingerprint density at radius 1 is 1.71 bits per heavy atom. The van der Waals surface area contributed by atoms with Crippen LogP contribution in [0.25, 0.3) is 0 Å². The average Bonchev–Trinajstić information content (AvgIpc) is 1.69. The van der Waals surface area contributed by atoms with Crippen LogP contribution in [0.15, 0.2) is 0 Å². The van der Waals surface area contributed by atoms with Crippen LogP contribution >= 0.6 is 0 Å². The molecule has 0 aromatic heterocycles. The molecule has 0 aliphatic heterocycles. The van der Waals surface area contributed by atoms with Crippen LogP contribution in [0.1, 0.15) is 6.42 Å². The summed E-state index contributed by atoms with van der Waals surface area (Å²) in [7, 11) is 6.85. The Morgan fingerprint density at radius 3 is 2.86 bits per heavy atom. The molecule has 0 saturated carbocycles. The normalized spacial score (nSPS) is 8.71. The summed E-state index contributed by atoms with van der Waals surface area (Å²) in [6.45, 7) is 2.61. The van der Waals surface area contributed by atoms with Gasteiger partial charge >= 0.3 is 0 Å². The van der Waals surface area contributed by atoms with Gasteiger partial charge in [-0.05, 0) is 6.42 Å². The second-order valence-corrected chi connectivity index (χ2v) is 1.25. The van der Waals surface area contributed by atoms with E-state index in [1.807, 2.05) is 6.82 Å². The van der Waals surface area contributed by atoms with Crippen LogP contribution < -0.4 is 0 Å². The van der Waals surface area contributed by atoms with Crippen LogP contribution in [0.4, 0.5) is 0 Å². The molecule has 37 valence electrons. The molecule has 1 nitrogen and oxygen atoms in total. The van der Waals surface area contributed by atoms with Crippen molar-refractivity contribution < 1.29 is 4.65 Å². The highest BCUT2D eigenvalue weighted by Gasteiger charge is 1.80. The van der Waals surface area contributed by atoms with Crippen molar-refractivity contribution in [2.24, 2.45) is 0 Å². The minimum Gasteiger partial charge on any atom is -0.441 e. The topological polar surface area (TPSA) is 9.23 Å². The summed E-state index contributed by atoms with van der Waals surface area (Å²) >= 11 is 0. The maximum atomic E-state index is 5.18. The Bertz CT molecular complexity index is 28.9. The number of hydrogen-bond donors (Lipinski definition) is 0. The summed E-state index contributed by atoms with van der Waals surface area (Å²) in [5.74, 6) is 0. The predicted octanol–water partition coefficient (Wildman–Crippen LogP) is 0.647. The highest BCUT2D eigenvalue weighted by atomic mass is 16.4. The summed E-state index contributed by atoms with van der Waals surface area (Å²) in [6.07, 6.45) is 1.66. The van der Waals surface area contributed by atoms with Crippen LogP contribution in [-0.2, 0) is 4.65 Å². The van der Waals surface area contributed by atoms with E-state index in [0.717, 1.165) is 13.0 Å². The highest BCUT2D eigenvalue weighted by molar-refractivity contribution is 6.24. The fourth-order valence-electron chi connectivity index (χ4n) is 0.285. The monoisotopic (exact) mass is 95.1 g/mol. The SMILES string of the molecule is [B]CCCO[B]C. The van der Waals surface area contributed by atoms with E-state index in [0.29, 0.717) is 6.32 Å². The van der Waals surface area contributed by atoms with E-state index < -0.39 is 0 Å². The molecule has 0 atom stereocenters. The Morgan fingerprint density at radius 2 is 2.43 bits per heavy atom. The number of hydrogen-bond acceptors (Lipinski definition) is 1. The fourth-order valence-corrected chi connectivity index (χ4v) is 0.285. The van der Waals surface area contributed by atoms with Gasteiger partial charge in [0.25, 0.3) is 7.48 Å². The lowest BCUT2D eigenvalue weighted by atomic mass is 10.0. The molecule has 0 aliphatic carbocycles. The predicted molar refractivity (Wildman–Crippen MR) is 32.7 cm³/mol. The average molecular weight is 94.7 g/mol. The van der Waals surface area contributed by atoms with E-state index in [1.54, 1.807) is 7.48 Å². The molecule has 0 amide bonds. The van der Waals surface area contributed by atoms with Gasteiger partial charge in [-0.2, -0.15) is 0 Å². The van der Waals surface area contributed by atoms with Crippen molar-refractivity contribution in [2.75, 3.05) is 6.61 Å². The first-order valence-corrected chi connectivity index (χ1v) is 2.51. The Kier molecular flexibility index (Phi) is 6.17. The molecule has 0 rings (SSSR count). The van der Waals surface area contributed by atoms with E-state index in [2.05, 4.69) is 0 Å². The highest BCUT2D eigenvalue weighted by Crippen LogP contribution is 1.83. The van der Waals surface area contributed by atoms with Crippen LogP contribution in [0.2, 0.25) is 13.1 Å². The Hall–Kier alpha value is 0.0899. The van der Waals surface area contributed by atoms with Gasteiger partial charge in [-0.25, -0.2) is 0 Å². The molecule has 0 spiro atoms. The van der Waals surface area contributed by atoms with E-state index in [1.165, 1.54) is 0 Å². The second kappa shape index (κ2) is 6.09. The van der Waals surface area contributed by atoms with Gasteiger partial charge < -0.3 is 4.65 Å². The zero-order chi connectivity index (χ0) is 5.54. The van der Waals surface area contributed by atoms with Crippen molar-refractivity contribution in [3.63, 3.8) is 0 Å². The molecule has 7 heavy (non-hydrogen) atoms. The van der Waals surface area contributed by atoms with Gasteiger partial charge in [-0.15, -0.1) is 0 Å². The lowest BCUT2D eigenvalue weighted by Gasteiger charge is -1.94. The largest absolute Gasteiger partial charge is 0.441 e. The van der Waals surface area contributed by atoms with Gasteiger partial charge in [-0.1, -0.05) is 13.1 Å². The molecule has 0 saturated heterocycles. The molecule has 0 heterocycles. The molecular formula is C4H9B2O. The van der Waals surface area contributed by atoms with Gasteiger partial charge in [0.05, 0.1) is 7.85 Å². The fraction of sp³-hybridized carbons (Fsp3) is 1.00. The van der Waals surface area contributed by atoms with Gasteiger partial charge in [0.1, 0.15) is 0 Å². The van der Waals surface area contributed by atoms with Crippen molar-refractivity contribution in [3.05, 3.63) is 0 Å². The van der Waals surface area contributed by atoms with E-state index >= 15 is 0 Å². The maximum absolute atomic E-state index is 5.18. The van der Waals surface area contributed by atoms with Crippen molar-refractivity contribution in [1.82, 2.24) is 0 Å². The zero-order valence-electron chi connectivity index (χ0n) is 4.68. The van der Waals surface area contributed by atoms with Crippen molar-refractivity contribution in [3.8, 4) is 0 Å². The molecule has 0 aliphatic rings. The molecule has 0 fully saturated rings. The lowest BCUT2D eigenvalue weighted by Crippen LogP contribution is -1.94. The van der Waals surface area contributed by atoms with Crippen LogP contribution in [0.3, 0.4) is 0 Å². The smallest absolute Gasteiger partial charge is 0.288 e. The molecule has 0 aromatic carbocycles. The van der Waals surface area contributed by atoms with E-state index in [9.17, 15) is 0 Å². The molecule has 0 N–H and O–H groups in total. The summed E-state index contributed by atoms with van der Waals surface area (Å²) < 4.78 is 4.87. The van der Waals surface area contributed by atoms with E-state index in [-0.39, 0.29) is 0 Å². The van der Waals surface area contributed by atoms with Crippen LogP contribution in [-0.4, -0.2) is 21.9 Å². The quantitative estimate of drug-likeness (QED) is 0.367. The van der Waals surface area contributed by atoms with Crippen LogP contribution in [0.5, 0.6) is 0 Å². The molecule has 3 radical (unpaired) electrons. The molecule has 0 unspecified atom stereocenters. The number of rotatable bonds is 4. The minimum atomic E-state index is 0.716. The zero-order valence-corrected chi connectivity index (χ0v) is 4.68. The molecule has 0 aromatic rings. The first-order valence-electron chi connectivity index (χ1n) is 2.51. The lowest BCUT2D eigenvalue weighted by molar-refractivity contribution is 0.338. The first-order chi connectivity index (χ1) is 3.41. The molecule has 0 bridgehead atoms. The van der Waals surface area contributed by atoms with Crippen molar-refractivity contribution in [1.29, 1.82) is 0 Å². The third kappa shape index (κ3) is 6.09. The maximum Gasteiger partial charge on any atom is 0.288 e. The minimum absolute atomic E-state index is 0.716. The third-order valence-corrected chi connectivity index (χ3v) is 0.633. The molecule has 3 heteroatoms. The molecular weight excluding hydrogens is 85.7 g/mol. The van der Waals surface area contributed by atoms with Gasteiger partial charge in [-0.3, -0.25) is 0 Å². The first kappa shape index (κ1) is 7.09. The van der Waals surface area contributed by atoms with Crippen LogP contribution in [0, 0.1) is 0 Å². The standard InChI is InChI=1S/C4H9B2O/c1-6-7-4-2-3-5/h2-4H2,1H3. The summed E-state index contributed by atoms with van der Waals surface area (Å²) in [6, 6.07) is 0. The summed E-state index contributed by atoms with van der Waals surface area (Å²) in [4.78, 5) is 0. The second-order valence-electron chi connectivity index (χ2n) is 1.25. The van der Waals surface area contributed by atoms with Gasteiger partial charge in [0.2, 0.25) is 0 Å². The third-order valence-electron chi connectivity index (χ3n) is 0.633. The Balaban J connectivity index is 2.45.